The van der Waals surface area contributed by atoms with E-state index in [1.54, 1.807) is 0 Å². The first-order chi connectivity index (χ1) is 53.7. The fourth-order valence-electron chi connectivity index (χ4n) is 9.61. The molecule has 0 saturated carbocycles. The van der Waals surface area contributed by atoms with Crippen LogP contribution in [0.5, 0.6) is 0 Å². The number of allylic oxidation sites excluding steroid dienone is 38. The number of carbonyl (C=O) groups is 4. The Hall–Kier alpha value is -6.88. The number of aliphatic hydroxyl groups is 1. The monoisotopic (exact) mass is 1570 g/mol. The van der Waals surface area contributed by atoms with E-state index >= 15 is 0 Å². The van der Waals surface area contributed by atoms with Gasteiger partial charge in [-0.2, -0.15) is 0 Å². The van der Waals surface area contributed by atoms with Crippen molar-refractivity contribution in [3.8, 4) is 0 Å². The van der Waals surface area contributed by atoms with Crippen molar-refractivity contribution in [2.75, 3.05) is 39.6 Å². The van der Waals surface area contributed by atoms with E-state index in [0.717, 1.165) is 167 Å². The Morgan fingerprint density at radius 1 is 0.255 bits per heavy atom. The molecule has 0 aromatic carbocycles. The van der Waals surface area contributed by atoms with Crippen LogP contribution in [0.15, 0.2) is 231 Å². The highest BCUT2D eigenvalue weighted by molar-refractivity contribution is 7.47. The Morgan fingerprint density at radius 2 is 0.464 bits per heavy atom. The molecule has 5 atom stereocenters. The Labute approximate surface area is 664 Å². The lowest BCUT2D eigenvalue weighted by molar-refractivity contribution is -0.161. The van der Waals surface area contributed by atoms with Crippen LogP contribution in [0.2, 0.25) is 0 Å². The summed E-state index contributed by atoms with van der Waals surface area (Å²) in [5.41, 5.74) is 0. The Morgan fingerprint density at radius 3 is 0.755 bits per heavy atom. The number of rotatable bonds is 73. The molecule has 19 heteroatoms. The first-order valence-electron chi connectivity index (χ1n) is 40.6. The molecule has 0 heterocycles. The van der Waals surface area contributed by atoms with Crippen molar-refractivity contribution in [3.05, 3.63) is 231 Å². The normalized spacial score (nSPS) is 15.0. The van der Waals surface area contributed by atoms with Crippen molar-refractivity contribution < 1.29 is 80.2 Å². The van der Waals surface area contributed by atoms with Gasteiger partial charge in [0.05, 0.1) is 26.4 Å². The third kappa shape index (κ3) is 79.2. The molecule has 0 saturated heterocycles. The Balaban J connectivity index is 5.56. The van der Waals surface area contributed by atoms with Crippen molar-refractivity contribution in [2.45, 2.75) is 277 Å². The lowest BCUT2D eigenvalue weighted by Gasteiger charge is -2.21. The minimum Gasteiger partial charge on any atom is -0.462 e. The van der Waals surface area contributed by atoms with Crippen molar-refractivity contribution in [1.29, 1.82) is 0 Å². The van der Waals surface area contributed by atoms with Gasteiger partial charge in [0.25, 0.3) is 0 Å². The highest BCUT2D eigenvalue weighted by atomic mass is 31.2. The van der Waals surface area contributed by atoms with Gasteiger partial charge < -0.3 is 33.8 Å². The zero-order chi connectivity index (χ0) is 80.3. The molecule has 0 rings (SSSR count). The molecule has 110 heavy (non-hydrogen) atoms. The van der Waals surface area contributed by atoms with Crippen molar-refractivity contribution in [1.82, 2.24) is 0 Å². The zero-order valence-corrected chi connectivity index (χ0v) is 69.1. The second kappa shape index (κ2) is 80.2. The molecule has 0 aliphatic rings. The molecule has 616 valence electrons. The third-order valence-electron chi connectivity index (χ3n) is 15.6. The third-order valence-corrected chi connectivity index (χ3v) is 17.5. The molecular weight excluding hydrogens is 1430 g/mol. The molecule has 0 radical (unpaired) electrons. The Kier molecular flexibility index (Phi) is 75.2. The number of aliphatic hydroxyl groups excluding tert-OH is 1. The fourth-order valence-corrected chi connectivity index (χ4v) is 11.2. The summed E-state index contributed by atoms with van der Waals surface area (Å²) in [6.45, 7) is 4.17. The molecule has 0 aromatic heterocycles. The van der Waals surface area contributed by atoms with Crippen LogP contribution in [0.25, 0.3) is 0 Å². The first-order valence-corrected chi connectivity index (χ1v) is 43.6. The molecule has 17 nitrogen and oxygen atoms in total. The molecule has 0 bridgehead atoms. The van der Waals surface area contributed by atoms with Crippen LogP contribution in [-0.4, -0.2) is 96.7 Å². The number of carbonyl (C=O) groups excluding carboxylic acids is 4. The lowest BCUT2D eigenvalue weighted by Crippen LogP contribution is -2.30. The molecule has 0 spiro atoms. The molecule has 0 fully saturated rings. The summed E-state index contributed by atoms with van der Waals surface area (Å²) in [7, 11) is -10.0. The average molecular weight is 1570 g/mol. The maximum atomic E-state index is 13.1. The summed E-state index contributed by atoms with van der Waals surface area (Å²) in [5, 5.41) is 10.7. The van der Waals surface area contributed by atoms with Crippen LogP contribution in [0.4, 0.5) is 0 Å². The summed E-state index contributed by atoms with van der Waals surface area (Å²) in [6, 6.07) is 0. The predicted molar refractivity (Wildman–Crippen MR) is 454 cm³/mol. The van der Waals surface area contributed by atoms with Crippen LogP contribution < -0.4 is 0 Å². The van der Waals surface area contributed by atoms with Gasteiger partial charge in [-0.25, -0.2) is 9.13 Å². The van der Waals surface area contributed by atoms with E-state index in [2.05, 4.69) is 240 Å². The van der Waals surface area contributed by atoms with Gasteiger partial charge in [0.1, 0.15) is 19.3 Å². The minimum absolute atomic E-state index is 0.0186. The van der Waals surface area contributed by atoms with E-state index in [0.29, 0.717) is 38.5 Å². The van der Waals surface area contributed by atoms with E-state index in [1.165, 1.54) is 0 Å². The summed E-state index contributed by atoms with van der Waals surface area (Å²) in [5.74, 6) is -2.42. The van der Waals surface area contributed by atoms with Gasteiger partial charge in [0.2, 0.25) is 0 Å². The molecule has 3 N–H and O–H groups in total. The standard InChI is InChI=1S/C91H140O17P2/c1-5-9-13-17-21-25-29-33-37-40-42-45-48-51-55-59-63-67-71-75-88(93)101-81-86(107-90(95)77-73-69-65-61-57-53-47-36-32-28-24-20-16-12-8-4)83-105-109(97,98)103-79-85(92)80-104-110(99,100)106-84-87(108-91(96)78-74-70-66-62-58-54-50-44-39-35-31-27-23-19-15-11-7-3)82-102-89(94)76-72-68-64-60-56-52-49-46-43-41-38-34-30-26-22-18-14-10-6-2/h9-16,21-28,33-39,42-43,45-47,50-52,54-57,61,64,68,85-87,92H,5-8,17-20,29-32,40-41,44,48-49,53,58-60,62-63,65-67,69-84H2,1-4H3,(H,97,98)(H,99,100)/b13-9-,14-10-,15-11-,16-12-,25-21-,26-22-,27-23-,28-24-,37-33-,38-34-,39-35-,45-42-,46-43-,47-36-,54-50-,55-51-,56-52-,61-57-,68-64-. The van der Waals surface area contributed by atoms with Gasteiger partial charge in [-0.15, -0.1) is 0 Å². The van der Waals surface area contributed by atoms with Crippen LogP contribution in [0, 0.1) is 0 Å². The molecule has 0 aromatic rings. The van der Waals surface area contributed by atoms with E-state index < -0.39 is 97.5 Å². The highest BCUT2D eigenvalue weighted by Gasteiger charge is 2.30. The van der Waals surface area contributed by atoms with Crippen molar-refractivity contribution in [3.63, 3.8) is 0 Å². The number of ether oxygens (including phenoxy) is 4. The molecule has 5 unspecified atom stereocenters. The van der Waals surface area contributed by atoms with Gasteiger partial charge >= 0.3 is 39.5 Å². The summed E-state index contributed by atoms with van der Waals surface area (Å²) in [4.78, 5) is 73.1. The Bertz CT molecular complexity index is 3000. The SMILES string of the molecule is CC/C=C\C/C=C\C/C=C\C/C=C\C/C=C\C/C=C\CCC(=O)OCC(COP(=O)(O)OCC(O)COP(=O)(O)OCC(COC(=O)CCCCC/C=C\C/C=C\C/C=C\C/C=C\C/C=C\CC)OC(=O)CCCC/C=C\C/C=C\C/C=C\C/C=C\CC)OC(=O)CCCCCC/C=C\C/C=C\C/C=C\C/C=C\CC. The number of unbranched alkanes of at least 4 members (excludes halogenated alkanes) is 9. The van der Waals surface area contributed by atoms with Crippen molar-refractivity contribution in [2.24, 2.45) is 0 Å². The fraction of sp³-hybridized carbons (Fsp3) is 0.538. The number of hydrogen-bond acceptors (Lipinski definition) is 15. The number of phosphoric acid groups is 2. The van der Waals surface area contributed by atoms with Crippen molar-refractivity contribution >= 4 is 39.5 Å². The number of hydrogen-bond donors (Lipinski definition) is 3. The van der Waals surface area contributed by atoms with Gasteiger partial charge in [-0.05, 0) is 186 Å². The van der Waals surface area contributed by atoms with E-state index in [1.807, 2.05) is 18.2 Å². The molecular formula is C91H140O17P2. The maximum Gasteiger partial charge on any atom is 0.472 e. The number of esters is 4. The predicted octanol–water partition coefficient (Wildman–Crippen LogP) is 24.2. The topological polar surface area (TPSA) is 237 Å². The summed E-state index contributed by atoms with van der Waals surface area (Å²) >= 11 is 0. The average Bonchev–Trinajstić information content (AvgIpc) is 0.906. The molecule has 0 aliphatic heterocycles. The van der Waals surface area contributed by atoms with Gasteiger partial charge in [0, 0.05) is 25.7 Å². The van der Waals surface area contributed by atoms with Crippen LogP contribution >= 0.6 is 15.6 Å². The largest absolute Gasteiger partial charge is 0.472 e. The summed E-state index contributed by atoms with van der Waals surface area (Å²) < 4.78 is 68.5. The van der Waals surface area contributed by atoms with E-state index in [-0.39, 0.29) is 25.7 Å². The quantitative estimate of drug-likeness (QED) is 0.0169. The van der Waals surface area contributed by atoms with Crippen LogP contribution in [0.1, 0.15) is 259 Å². The second-order valence-electron chi connectivity index (χ2n) is 25.8. The van der Waals surface area contributed by atoms with Gasteiger partial charge in [0.15, 0.2) is 12.2 Å². The van der Waals surface area contributed by atoms with E-state index in [9.17, 15) is 43.2 Å². The smallest absolute Gasteiger partial charge is 0.462 e. The summed E-state index contributed by atoms with van der Waals surface area (Å²) in [6.07, 6.45) is 103. The van der Waals surface area contributed by atoms with E-state index in [4.69, 9.17) is 37.0 Å². The minimum atomic E-state index is -5.02. The molecule has 0 aliphatic carbocycles. The van der Waals surface area contributed by atoms with Crippen LogP contribution in [0.3, 0.4) is 0 Å². The highest BCUT2D eigenvalue weighted by Crippen LogP contribution is 2.45. The lowest BCUT2D eigenvalue weighted by atomic mass is 10.1. The first kappa shape index (κ1) is 103. The van der Waals surface area contributed by atoms with Crippen LogP contribution in [-0.2, 0) is 65.4 Å². The van der Waals surface area contributed by atoms with Gasteiger partial charge in [-0.1, -0.05) is 278 Å². The second-order valence-corrected chi connectivity index (χ2v) is 28.7. The zero-order valence-electron chi connectivity index (χ0n) is 67.3. The number of phosphoric ester groups is 2. The van der Waals surface area contributed by atoms with Gasteiger partial charge in [-0.3, -0.25) is 37.3 Å². The molecule has 0 amide bonds. The maximum absolute atomic E-state index is 13.1.